The number of amides is 1. The van der Waals surface area contributed by atoms with E-state index < -0.39 is 60.6 Å². The average molecular weight is 487 g/mol. The number of halogens is 7. The molecule has 176 valence electrons. The maximum Gasteiger partial charge on any atom is 0.451 e. The molecule has 1 N–H and O–H groups in total. The van der Waals surface area contributed by atoms with Crippen LogP contribution in [0.5, 0.6) is 0 Å². The van der Waals surface area contributed by atoms with Crippen LogP contribution in [0, 0.1) is 5.82 Å². The summed E-state index contributed by atoms with van der Waals surface area (Å²) in [6.07, 6.45) is -9.48. The summed E-state index contributed by atoms with van der Waals surface area (Å²) in [5, 5.41) is 2.19. The number of rotatable bonds is 6. The summed E-state index contributed by atoms with van der Waals surface area (Å²) in [4.78, 5) is 17.2. The minimum atomic E-state index is -4.97. The Bertz CT molecular complexity index is 1110. The van der Waals surface area contributed by atoms with E-state index in [0.29, 0.717) is 12.1 Å². The second-order valence-electron chi connectivity index (χ2n) is 7.21. The fourth-order valence-electron chi connectivity index (χ4n) is 2.52. The first kappa shape index (κ1) is 25.5. The van der Waals surface area contributed by atoms with Gasteiger partial charge in [0.15, 0.2) is 9.84 Å². The molecular weight excluding hydrogens is 471 g/mol. The Balaban J connectivity index is 2.17. The fourth-order valence-corrected chi connectivity index (χ4v) is 4.08. The molecule has 0 saturated heterocycles. The van der Waals surface area contributed by atoms with Crippen LogP contribution in [0.4, 0.5) is 30.7 Å². The zero-order valence-electron chi connectivity index (χ0n) is 16.5. The van der Waals surface area contributed by atoms with Gasteiger partial charge in [-0.15, -0.1) is 0 Å². The third kappa shape index (κ3) is 5.72. The molecule has 6 nitrogen and oxygen atoms in total. The highest BCUT2D eigenvalue weighted by molar-refractivity contribution is 7.92. The van der Waals surface area contributed by atoms with Crippen molar-refractivity contribution in [1.82, 2.24) is 15.3 Å². The minimum absolute atomic E-state index is 0.156. The molecule has 1 aromatic heterocycles. The Kier molecular flexibility index (Phi) is 6.88. The molecule has 0 atom stereocenters. The van der Waals surface area contributed by atoms with Crippen LogP contribution in [-0.2, 0) is 22.2 Å². The van der Waals surface area contributed by atoms with Crippen molar-refractivity contribution in [1.29, 1.82) is 0 Å². The van der Waals surface area contributed by atoms with Crippen LogP contribution in [0.25, 0.3) is 0 Å². The number of alkyl halides is 6. The molecule has 14 heteroatoms. The lowest BCUT2D eigenvalue weighted by Gasteiger charge is -2.25. The maximum absolute atomic E-state index is 13.6. The van der Waals surface area contributed by atoms with Crippen LogP contribution >= 0.6 is 0 Å². The van der Waals surface area contributed by atoms with Crippen LogP contribution in [-0.4, -0.2) is 35.6 Å². The van der Waals surface area contributed by atoms with Crippen molar-refractivity contribution in [3.05, 3.63) is 53.4 Å². The van der Waals surface area contributed by atoms with Gasteiger partial charge in [0.2, 0.25) is 5.82 Å². The smallest absolute Gasteiger partial charge is 0.351 e. The third-order valence-corrected chi connectivity index (χ3v) is 6.91. The summed E-state index contributed by atoms with van der Waals surface area (Å²) < 4.78 is 114. The molecule has 0 saturated carbocycles. The molecule has 0 unspecified atom stereocenters. The molecule has 1 heterocycles. The minimum Gasteiger partial charge on any atom is -0.351 e. The number of aromatic nitrogens is 2. The lowest BCUT2D eigenvalue weighted by atomic mass is 10.1. The number of hydrogen-bond acceptors (Lipinski definition) is 5. The number of benzene rings is 1. The van der Waals surface area contributed by atoms with Gasteiger partial charge in [-0.25, -0.2) is 22.8 Å². The van der Waals surface area contributed by atoms with E-state index in [2.05, 4.69) is 15.3 Å². The van der Waals surface area contributed by atoms with E-state index in [1.54, 1.807) is 0 Å². The van der Waals surface area contributed by atoms with Crippen molar-refractivity contribution in [3.8, 4) is 0 Å². The molecular formula is C18H16F7N3O3S. The molecule has 0 radical (unpaired) electrons. The second kappa shape index (κ2) is 8.64. The van der Waals surface area contributed by atoms with E-state index in [9.17, 15) is 43.9 Å². The zero-order valence-corrected chi connectivity index (χ0v) is 17.3. The van der Waals surface area contributed by atoms with E-state index in [4.69, 9.17) is 0 Å². The van der Waals surface area contributed by atoms with E-state index in [-0.39, 0.29) is 19.0 Å². The molecule has 0 bridgehead atoms. The highest BCUT2D eigenvalue weighted by Gasteiger charge is 2.39. The van der Waals surface area contributed by atoms with E-state index >= 15 is 0 Å². The van der Waals surface area contributed by atoms with Crippen LogP contribution in [0.15, 0.2) is 35.4 Å². The Morgan fingerprint density at radius 2 is 1.66 bits per heavy atom. The van der Waals surface area contributed by atoms with E-state index in [0.717, 1.165) is 26.1 Å². The summed E-state index contributed by atoms with van der Waals surface area (Å²) in [6, 6.07) is 1.82. The predicted octanol–water partition coefficient (Wildman–Crippen LogP) is 4.03. The lowest BCUT2D eigenvalue weighted by Crippen LogP contribution is -2.37. The Labute approximate surface area is 177 Å². The molecule has 0 aliphatic rings. The summed E-state index contributed by atoms with van der Waals surface area (Å²) >= 11 is 0. The first-order chi connectivity index (χ1) is 14.4. The number of hydrogen-bond donors (Lipinski definition) is 1. The van der Waals surface area contributed by atoms with E-state index in [1.807, 2.05) is 0 Å². The van der Waals surface area contributed by atoms with Gasteiger partial charge < -0.3 is 5.32 Å². The standard InChI is InChI=1S/C18H16F7N3O3S/c1-16(2,32(30,31)12-8-10(17(20,21)22)7-11(19)9-12)4-6-26-14(29)13-3-5-27-15(28-13)18(23,24)25/h3,5,7-9H,4,6H2,1-2H3,(H,26,29). The number of carbonyl (C=O) groups is 1. The van der Waals surface area contributed by atoms with Crippen molar-refractivity contribution < 1.29 is 43.9 Å². The van der Waals surface area contributed by atoms with Crippen LogP contribution in [0.2, 0.25) is 0 Å². The third-order valence-electron chi connectivity index (χ3n) is 4.39. The number of sulfone groups is 1. The first-order valence-electron chi connectivity index (χ1n) is 8.76. The second-order valence-corrected chi connectivity index (χ2v) is 9.79. The van der Waals surface area contributed by atoms with Gasteiger partial charge in [0.25, 0.3) is 5.91 Å². The maximum atomic E-state index is 13.6. The van der Waals surface area contributed by atoms with Gasteiger partial charge in [-0.2, -0.15) is 26.3 Å². The molecule has 0 fully saturated rings. The van der Waals surface area contributed by atoms with Crippen molar-refractivity contribution in [2.24, 2.45) is 0 Å². The van der Waals surface area contributed by atoms with Gasteiger partial charge >= 0.3 is 12.4 Å². The predicted molar refractivity (Wildman–Crippen MR) is 96.7 cm³/mol. The molecule has 0 spiro atoms. The summed E-state index contributed by atoms with van der Waals surface area (Å²) in [5.74, 6) is -3.98. The number of carbonyl (C=O) groups excluding carboxylic acids is 1. The normalized spacial score (nSPS) is 13.2. The van der Waals surface area contributed by atoms with Crippen LogP contribution in [0.1, 0.15) is 42.1 Å². The largest absolute Gasteiger partial charge is 0.451 e. The van der Waals surface area contributed by atoms with Crippen LogP contribution in [0.3, 0.4) is 0 Å². The monoisotopic (exact) mass is 487 g/mol. The number of nitrogens with zero attached hydrogens (tertiary/aromatic N) is 2. The van der Waals surface area contributed by atoms with Gasteiger partial charge in [0.1, 0.15) is 11.5 Å². The topological polar surface area (TPSA) is 89.0 Å². The summed E-state index contributed by atoms with van der Waals surface area (Å²) in [7, 11) is -4.50. The fraction of sp³-hybridized carbons (Fsp3) is 0.389. The highest BCUT2D eigenvalue weighted by atomic mass is 32.2. The molecule has 1 amide bonds. The molecule has 0 aliphatic carbocycles. The van der Waals surface area contributed by atoms with Crippen molar-refractivity contribution in [2.45, 2.75) is 42.3 Å². The zero-order chi connectivity index (χ0) is 24.5. The summed E-state index contributed by atoms with van der Waals surface area (Å²) in [6.45, 7) is 1.93. The van der Waals surface area contributed by atoms with E-state index in [1.165, 1.54) is 0 Å². The van der Waals surface area contributed by atoms with Crippen molar-refractivity contribution in [3.63, 3.8) is 0 Å². The Hall–Kier alpha value is -2.77. The molecule has 32 heavy (non-hydrogen) atoms. The van der Waals surface area contributed by atoms with Gasteiger partial charge in [-0.05, 0) is 44.5 Å². The SMILES string of the molecule is CC(C)(CCNC(=O)c1ccnc(C(F)(F)F)n1)S(=O)(=O)c1cc(F)cc(C(F)(F)F)c1. The lowest BCUT2D eigenvalue weighted by molar-refractivity contribution is -0.145. The average Bonchev–Trinajstić information content (AvgIpc) is 2.66. The summed E-state index contributed by atoms with van der Waals surface area (Å²) in [5.41, 5.74) is -2.10. The molecule has 2 rings (SSSR count). The van der Waals surface area contributed by atoms with Crippen molar-refractivity contribution >= 4 is 15.7 Å². The van der Waals surface area contributed by atoms with Crippen molar-refractivity contribution in [2.75, 3.05) is 6.54 Å². The van der Waals surface area contributed by atoms with Gasteiger partial charge in [-0.1, -0.05) is 0 Å². The van der Waals surface area contributed by atoms with Crippen LogP contribution < -0.4 is 5.32 Å². The molecule has 0 aliphatic heterocycles. The molecule has 2 aromatic rings. The highest BCUT2D eigenvalue weighted by Crippen LogP contribution is 2.35. The van der Waals surface area contributed by atoms with Gasteiger partial charge in [0.05, 0.1) is 15.2 Å². The van der Waals surface area contributed by atoms with Gasteiger partial charge in [-0.3, -0.25) is 4.79 Å². The Morgan fingerprint density at radius 3 is 2.22 bits per heavy atom. The van der Waals surface area contributed by atoms with Gasteiger partial charge in [0, 0.05) is 12.7 Å². The Morgan fingerprint density at radius 1 is 1.03 bits per heavy atom. The number of nitrogens with one attached hydrogen (secondary N) is 1. The molecule has 1 aromatic carbocycles. The first-order valence-corrected chi connectivity index (χ1v) is 10.2. The quantitative estimate of drug-likeness (QED) is 0.622.